The SMILES string of the molecule is CC(C)NCCn1cc([N+](=O)[O-])cc(Br)c1=O. The fourth-order valence-electron chi connectivity index (χ4n) is 1.32. The summed E-state index contributed by atoms with van der Waals surface area (Å²) in [6.07, 6.45) is 1.26. The number of hydrogen-bond acceptors (Lipinski definition) is 4. The van der Waals surface area contributed by atoms with E-state index < -0.39 is 4.92 Å². The summed E-state index contributed by atoms with van der Waals surface area (Å²) < 4.78 is 1.54. The molecular formula is C10H14BrN3O3. The summed E-state index contributed by atoms with van der Waals surface area (Å²) in [5, 5.41) is 13.8. The highest BCUT2D eigenvalue weighted by molar-refractivity contribution is 9.10. The Balaban J connectivity index is 2.90. The molecule has 0 aliphatic rings. The van der Waals surface area contributed by atoms with Gasteiger partial charge in [0.15, 0.2) is 0 Å². The molecule has 0 saturated carbocycles. The zero-order valence-corrected chi connectivity index (χ0v) is 11.2. The van der Waals surface area contributed by atoms with Crippen molar-refractivity contribution in [3.8, 4) is 0 Å². The third-order valence-corrected chi connectivity index (χ3v) is 2.71. The van der Waals surface area contributed by atoms with E-state index in [9.17, 15) is 14.9 Å². The molecule has 6 nitrogen and oxygen atoms in total. The molecule has 0 fully saturated rings. The van der Waals surface area contributed by atoms with Crippen LogP contribution < -0.4 is 10.9 Å². The first-order valence-electron chi connectivity index (χ1n) is 5.19. The molecule has 1 N–H and O–H groups in total. The highest BCUT2D eigenvalue weighted by Gasteiger charge is 2.11. The molecular weight excluding hydrogens is 290 g/mol. The van der Waals surface area contributed by atoms with Crippen LogP contribution in [0.2, 0.25) is 0 Å². The average molecular weight is 304 g/mol. The van der Waals surface area contributed by atoms with Crippen LogP contribution in [0.4, 0.5) is 5.69 Å². The van der Waals surface area contributed by atoms with E-state index in [0.29, 0.717) is 19.1 Å². The van der Waals surface area contributed by atoms with Gasteiger partial charge >= 0.3 is 0 Å². The van der Waals surface area contributed by atoms with Crippen LogP contribution in [0, 0.1) is 10.1 Å². The Hall–Kier alpha value is -1.21. The number of halogens is 1. The molecule has 1 aromatic rings. The van der Waals surface area contributed by atoms with Gasteiger partial charge in [0, 0.05) is 25.2 Å². The summed E-state index contributed by atoms with van der Waals surface area (Å²) in [5.74, 6) is 0. The zero-order valence-electron chi connectivity index (χ0n) is 9.64. The molecule has 0 atom stereocenters. The number of nitrogens with zero attached hydrogens (tertiary/aromatic N) is 2. The maximum Gasteiger partial charge on any atom is 0.286 e. The third-order valence-electron chi connectivity index (χ3n) is 2.14. The monoisotopic (exact) mass is 303 g/mol. The average Bonchev–Trinajstić information content (AvgIpc) is 2.23. The molecule has 0 aliphatic heterocycles. The minimum Gasteiger partial charge on any atom is -0.313 e. The topological polar surface area (TPSA) is 77.2 Å². The normalized spacial score (nSPS) is 10.8. The quantitative estimate of drug-likeness (QED) is 0.661. The van der Waals surface area contributed by atoms with Gasteiger partial charge in [0.2, 0.25) is 0 Å². The molecule has 0 aliphatic carbocycles. The summed E-state index contributed by atoms with van der Waals surface area (Å²) in [6, 6.07) is 1.53. The van der Waals surface area contributed by atoms with E-state index in [1.165, 1.54) is 16.8 Å². The van der Waals surface area contributed by atoms with Crippen LogP contribution in [-0.4, -0.2) is 22.1 Å². The van der Waals surface area contributed by atoms with Crippen molar-refractivity contribution < 1.29 is 4.92 Å². The van der Waals surface area contributed by atoms with Crippen molar-refractivity contribution in [2.75, 3.05) is 6.54 Å². The first kappa shape index (κ1) is 13.9. The Labute approximate surface area is 107 Å². The van der Waals surface area contributed by atoms with Gasteiger partial charge in [-0.3, -0.25) is 14.9 Å². The standard InChI is InChI=1S/C10H14BrN3O3/c1-7(2)12-3-4-13-6-8(14(16)17)5-9(11)10(13)15/h5-7,12H,3-4H2,1-2H3. The molecule has 1 aromatic heterocycles. The number of rotatable bonds is 5. The van der Waals surface area contributed by atoms with Crippen LogP contribution in [0.25, 0.3) is 0 Å². The highest BCUT2D eigenvalue weighted by Crippen LogP contribution is 2.13. The van der Waals surface area contributed by atoms with Gasteiger partial charge in [-0.15, -0.1) is 0 Å². The molecule has 0 bridgehead atoms. The van der Waals surface area contributed by atoms with E-state index in [1.54, 1.807) is 0 Å². The van der Waals surface area contributed by atoms with Gasteiger partial charge in [-0.1, -0.05) is 13.8 Å². The van der Waals surface area contributed by atoms with E-state index in [-0.39, 0.29) is 15.7 Å². The maximum absolute atomic E-state index is 11.7. The largest absolute Gasteiger partial charge is 0.313 e. The number of nitro groups is 1. The first-order valence-corrected chi connectivity index (χ1v) is 5.99. The van der Waals surface area contributed by atoms with E-state index >= 15 is 0 Å². The molecule has 0 aromatic carbocycles. The van der Waals surface area contributed by atoms with Crippen molar-refractivity contribution in [1.82, 2.24) is 9.88 Å². The number of pyridine rings is 1. The minimum absolute atomic E-state index is 0.0963. The smallest absolute Gasteiger partial charge is 0.286 e. The second-order valence-corrected chi connectivity index (χ2v) is 4.77. The summed E-state index contributed by atoms with van der Waals surface area (Å²) >= 11 is 3.03. The molecule has 1 heterocycles. The Morgan fingerprint density at radius 1 is 1.59 bits per heavy atom. The Bertz CT molecular complexity index is 470. The van der Waals surface area contributed by atoms with Crippen LogP contribution in [0.1, 0.15) is 13.8 Å². The van der Waals surface area contributed by atoms with E-state index in [1.807, 2.05) is 13.8 Å². The summed E-state index contributed by atoms with van der Waals surface area (Å²) in [4.78, 5) is 21.8. The lowest BCUT2D eigenvalue weighted by atomic mass is 10.4. The van der Waals surface area contributed by atoms with Crippen LogP contribution >= 0.6 is 15.9 Å². The van der Waals surface area contributed by atoms with Gasteiger partial charge < -0.3 is 9.88 Å². The van der Waals surface area contributed by atoms with Crippen molar-refractivity contribution >= 4 is 21.6 Å². The van der Waals surface area contributed by atoms with Crippen molar-refractivity contribution in [3.63, 3.8) is 0 Å². The van der Waals surface area contributed by atoms with Gasteiger partial charge in [0.25, 0.3) is 11.2 Å². The van der Waals surface area contributed by atoms with Gasteiger partial charge in [-0.2, -0.15) is 0 Å². The maximum atomic E-state index is 11.7. The van der Waals surface area contributed by atoms with Gasteiger partial charge in [-0.05, 0) is 15.9 Å². The van der Waals surface area contributed by atoms with E-state index in [0.717, 1.165) is 0 Å². The Kier molecular flexibility index (Phi) is 4.83. The minimum atomic E-state index is -0.517. The fourth-order valence-corrected chi connectivity index (χ4v) is 1.79. The van der Waals surface area contributed by atoms with Crippen LogP contribution in [0.15, 0.2) is 21.5 Å². The molecule has 17 heavy (non-hydrogen) atoms. The molecule has 1 rings (SSSR count). The lowest BCUT2D eigenvalue weighted by Crippen LogP contribution is -2.30. The number of hydrogen-bond donors (Lipinski definition) is 1. The molecule has 0 unspecified atom stereocenters. The van der Waals surface area contributed by atoms with E-state index in [2.05, 4.69) is 21.2 Å². The fraction of sp³-hybridized carbons (Fsp3) is 0.500. The van der Waals surface area contributed by atoms with Crippen molar-refractivity contribution in [3.05, 3.63) is 37.2 Å². The molecule has 0 amide bonds. The molecule has 7 heteroatoms. The third kappa shape index (κ3) is 3.94. The van der Waals surface area contributed by atoms with Crippen molar-refractivity contribution in [2.45, 2.75) is 26.4 Å². The van der Waals surface area contributed by atoms with Gasteiger partial charge in [0.1, 0.15) is 0 Å². The lowest BCUT2D eigenvalue weighted by molar-refractivity contribution is -0.385. The predicted octanol–water partition coefficient (Wildman–Crippen LogP) is 1.52. The number of nitrogens with one attached hydrogen (secondary N) is 1. The highest BCUT2D eigenvalue weighted by atomic mass is 79.9. The molecule has 0 saturated heterocycles. The predicted molar refractivity (Wildman–Crippen MR) is 68.2 cm³/mol. The second kappa shape index (κ2) is 5.92. The lowest BCUT2D eigenvalue weighted by Gasteiger charge is -2.09. The summed E-state index contributed by atoms with van der Waals surface area (Å²) in [6.45, 7) is 4.97. The Morgan fingerprint density at radius 3 is 2.76 bits per heavy atom. The van der Waals surface area contributed by atoms with Crippen molar-refractivity contribution in [1.29, 1.82) is 0 Å². The van der Waals surface area contributed by atoms with Crippen LogP contribution in [0.5, 0.6) is 0 Å². The molecule has 0 radical (unpaired) electrons. The zero-order chi connectivity index (χ0) is 13.0. The number of aromatic nitrogens is 1. The summed E-state index contributed by atoms with van der Waals surface area (Å²) in [7, 11) is 0. The summed E-state index contributed by atoms with van der Waals surface area (Å²) in [5.41, 5.74) is -0.359. The second-order valence-electron chi connectivity index (χ2n) is 3.91. The van der Waals surface area contributed by atoms with Gasteiger partial charge in [0.05, 0.1) is 15.6 Å². The molecule has 94 valence electrons. The molecule has 0 spiro atoms. The van der Waals surface area contributed by atoms with E-state index in [4.69, 9.17) is 0 Å². The van der Waals surface area contributed by atoms with Crippen LogP contribution in [0.3, 0.4) is 0 Å². The van der Waals surface area contributed by atoms with Gasteiger partial charge in [-0.25, -0.2) is 0 Å². The van der Waals surface area contributed by atoms with Crippen molar-refractivity contribution in [2.24, 2.45) is 0 Å². The first-order chi connectivity index (χ1) is 7.91. The Morgan fingerprint density at radius 2 is 2.24 bits per heavy atom. The van der Waals surface area contributed by atoms with Crippen LogP contribution in [-0.2, 0) is 6.54 Å².